The zero-order valence-corrected chi connectivity index (χ0v) is 17.9. The third kappa shape index (κ3) is 5.76. The summed E-state index contributed by atoms with van der Waals surface area (Å²) in [5.74, 6) is 0.993. The molecule has 0 unspecified atom stereocenters. The summed E-state index contributed by atoms with van der Waals surface area (Å²) < 4.78 is 5.85. The fourth-order valence-electron chi connectivity index (χ4n) is 4.17. The minimum atomic E-state index is -0.868. The van der Waals surface area contributed by atoms with E-state index >= 15 is 0 Å². The van der Waals surface area contributed by atoms with Crippen LogP contribution >= 0.6 is 11.6 Å². The first kappa shape index (κ1) is 21.2. The SMILES string of the molecule is O=C(O)/C=C/CC1CCC(c2ccc(-c3cnc(Nc4cccc(Cl)c4)o3)cc2)CC1. The lowest BCUT2D eigenvalue weighted by atomic mass is 9.77. The molecular formula is C25H25ClN2O3. The summed E-state index contributed by atoms with van der Waals surface area (Å²) in [5.41, 5.74) is 3.16. The van der Waals surface area contributed by atoms with Gasteiger partial charge in [0.15, 0.2) is 5.76 Å². The maximum atomic E-state index is 10.6. The molecule has 5 nitrogen and oxygen atoms in total. The number of anilines is 2. The van der Waals surface area contributed by atoms with Crippen molar-refractivity contribution >= 4 is 29.3 Å². The Morgan fingerprint density at radius 3 is 2.65 bits per heavy atom. The van der Waals surface area contributed by atoms with Gasteiger partial charge in [-0.05, 0) is 67.7 Å². The molecular weight excluding hydrogens is 412 g/mol. The van der Waals surface area contributed by atoms with Gasteiger partial charge in [0.1, 0.15) is 0 Å². The van der Waals surface area contributed by atoms with E-state index in [9.17, 15) is 4.79 Å². The lowest BCUT2D eigenvalue weighted by Crippen LogP contribution is -2.12. The number of aromatic nitrogens is 1. The zero-order chi connectivity index (χ0) is 21.6. The predicted molar refractivity (Wildman–Crippen MR) is 123 cm³/mol. The van der Waals surface area contributed by atoms with Crippen LogP contribution in [0.25, 0.3) is 11.3 Å². The van der Waals surface area contributed by atoms with Crippen LogP contribution in [0.15, 0.2) is 71.3 Å². The standard InChI is InChI=1S/C25H25ClN2O3/c26-21-4-2-5-22(15-21)28-25-27-16-23(31-25)20-13-11-19(12-14-20)18-9-7-17(8-10-18)3-1-6-24(29)30/h1-2,4-6,11-18H,3,7-10H2,(H,27,28)(H,29,30)/b6-1+. The van der Waals surface area contributed by atoms with E-state index < -0.39 is 5.97 Å². The second kappa shape index (κ2) is 9.84. The number of benzene rings is 2. The van der Waals surface area contributed by atoms with E-state index in [0.29, 0.717) is 28.6 Å². The number of halogens is 1. The lowest BCUT2D eigenvalue weighted by molar-refractivity contribution is -0.131. The Labute approximate surface area is 186 Å². The van der Waals surface area contributed by atoms with Crippen LogP contribution < -0.4 is 5.32 Å². The number of carbonyl (C=O) groups is 1. The zero-order valence-electron chi connectivity index (χ0n) is 17.1. The molecule has 0 atom stereocenters. The van der Waals surface area contributed by atoms with Crippen LogP contribution in [-0.4, -0.2) is 16.1 Å². The van der Waals surface area contributed by atoms with Crippen LogP contribution in [0.3, 0.4) is 0 Å². The average Bonchev–Trinajstić information content (AvgIpc) is 3.23. The largest absolute Gasteiger partial charge is 0.478 e. The molecule has 4 rings (SSSR count). The number of hydrogen-bond donors (Lipinski definition) is 2. The minimum absolute atomic E-state index is 0.427. The Kier molecular flexibility index (Phi) is 6.73. The molecule has 1 heterocycles. The van der Waals surface area contributed by atoms with Crippen LogP contribution in [0.4, 0.5) is 11.7 Å². The Bertz CT molecular complexity index is 1050. The molecule has 0 amide bonds. The van der Waals surface area contributed by atoms with Crippen molar-refractivity contribution in [3.8, 4) is 11.3 Å². The van der Waals surface area contributed by atoms with Gasteiger partial charge in [0.05, 0.1) is 6.20 Å². The van der Waals surface area contributed by atoms with Gasteiger partial charge in [0.2, 0.25) is 0 Å². The first-order valence-corrected chi connectivity index (χ1v) is 10.9. The van der Waals surface area contributed by atoms with E-state index in [1.165, 1.54) is 11.6 Å². The maximum Gasteiger partial charge on any atom is 0.327 e. The van der Waals surface area contributed by atoms with E-state index in [4.69, 9.17) is 21.1 Å². The number of hydrogen-bond acceptors (Lipinski definition) is 4. The Morgan fingerprint density at radius 1 is 1.16 bits per heavy atom. The van der Waals surface area contributed by atoms with Gasteiger partial charge in [-0.25, -0.2) is 9.78 Å². The summed E-state index contributed by atoms with van der Waals surface area (Å²) in [4.78, 5) is 14.9. The normalized spacial score (nSPS) is 18.9. The molecule has 3 aromatic rings. The molecule has 2 N–H and O–H groups in total. The highest BCUT2D eigenvalue weighted by molar-refractivity contribution is 6.30. The van der Waals surface area contributed by atoms with Crippen LogP contribution in [-0.2, 0) is 4.79 Å². The molecule has 31 heavy (non-hydrogen) atoms. The highest BCUT2D eigenvalue weighted by Crippen LogP contribution is 2.38. The maximum absolute atomic E-state index is 10.6. The summed E-state index contributed by atoms with van der Waals surface area (Å²) in [6, 6.07) is 16.4. The Morgan fingerprint density at radius 2 is 1.94 bits per heavy atom. The first-order valence-electron chi connectivity index (χ1n) is 10.5. The Hall–Kier alpha value is -3.05. The molecule has 1 aromatic heterocycles. The van der Waals surface area contributed by atoms with Gasteiger partial charge in [-0.3, -0.25) is 0 Å². The number of nitrogens with one attached hydrogen (secondary N) is 1. The highest BCUT2D eigenvalue weighted by Gasteiger charge is 2.21. The van der Waals surface area contributed by atoms with E-state index in [0.717, 1.165) is 43.4 Å². The van der Waals surface area contributed by atoms with Crippen LogP contribution in [0.1, 0.15) is 43.6 Å². The fraction of sp³-hybridized carbons (Fsp3) is 0.280. The Balaban J connectivity index is 1.34. The number of rotatable bonds is 7. The van der Waals surface area contributed by atoms with E-state index in [1.807, 2.05) is 24.3 Å². The predicted octanol–water partition coefficient (Wildman–Crippen LogP) is 7.04. The molecule has 1 aliphatic carbocycles. The number of carboxylic acids is 1. The van der Waals surface area contributed by atoms with Crippen molar-refractivity contribution in [3.05, 3.63) is 77.5 Å². The topological polar surface area (TPSA) is 75.4 Å². The van der Waals surface area contributed by atoms with E-state index in [1.54, 1.807) is 12.3 Å². The van der Waals surface area contributed by atoms with Crippen molar-refractivity contribution in [2.45, 2.75) is 38.0 Å². The third-order valence-corrected chi connectivity index (χ3v) is 6.06. The minimum Gasteiger partial charge on any atom is -0.478 e. The van der Waals surface area contributed by atoms with Crippen molar-refractivity contribution < 1.29 is 14.3 Å². The summed E-state index contributed by atoms with van der Waals surface area (Å²) in [5, 5.41) is 12.5. The van der Waals surface area contributed by atoms with Gasteiger partial charge in [-0.1, -0.05) is 48.0 Å². The number of carboxylic acid groups (broad SMARTS) is 1. The molecule has 2 aromatic carbocycles. The number of nitrogens with zero attached hydrogens (tertiary/aromatic N) is 1. The quantitative estimate of drug-likeness (QED) is 0.388. The first-order chi connectivity index (χ1) is 15.1. The molecule has 1 fully saturated rings. The number of aliphatic carboxylic acids is 1. The molecule has 0 spiro atoms. The van der Waals surface area contributed by atoms with Gasteiger partial charge < -0.3 is 14.8 Å². The van der Waals surface area contributed by atoms with Crippen LogP contribution in [0, 0.1) is 5.92 Å². The molecule has 0 aliphatic heterocycles. The van der Waals surface area contributed by atoms with Gasteiger partial charge in [-0.2, -0.15) is 0 Å². The molecule has 6 heteroatoms. The third-order valence-electron chi connectivity index (χ3n) is 5.82. The lowest BCUT2D eigenvalue weighted by Gasteiger charge is -2.28. The van der Waals surface area contributed by atoms with Crippen LogP contribution in [0.5, 0.6) is 0 Å². The smallest absolute Gasteiger partial charge is 0.327 e. The van der Waals surface area contributed by atoms with E-state index in [2.05, 4.69) is 34.6 Å². The van der Waals surface area contributed by atoms with Crippen LogP contribution in [0.2, 0.25) is 5.02 Å². The highest BCUT2D eigenvalue weighted by atomic mass is 35.5. The second-order valence-electron chi connectivity index (χ2n) is 7.98. The van der Waals surface area contributed by atoms with Crippen molar-refractivity contribution in [2.75, 3.05) is 5.32 Å². The van der Waals surface area contributed by atoms with Gasteiger partial charge in [-0.15, -0.1) is 0 Å². The van der Waals surface area contributed by atoms with Crippen molar-refractivity contribution in [2.24, 2.45) is 5.92 Å². The van der Waals surface area contributed by atoms with Gasteiger partial charge >= 0.3 is 5.97 Å². The molecule has 1 saturated carbocycles. The summed E-state index contributed by atoms with van der Waals surface area (Å²) in [6.45, 7) is 0. The monoisotopic (exact) mass is 436 g/mol. The molecule has 160 valence electrons. The average molecular weight is 437 g/mol. The summed E-state index contributed by atoms with van der Waals surface area (Å²) in [7, 11) is 0. The fourth-order valence-corrected chi connectivity index (χ4v) is 4.36. The van der Waals surface area contributed by atoms with Crippen molar-refractivity contribution in [1.29, 1.82) is 0 Å². The summed E-state index contributed by atoms with van der Waals surface area (Å²) in [6.07, 6.45) is 10.2. The number of allylic oxidation sites excluding steroid dienone is 1. The van der Waals surface area contributed by atoms with Gasteiger partial charge in [0.25, 0.3) is 6.01 Å². The van der Waals surface area contributed by atoms with Crippen molar-refractivity contribution in [1.82, 2.24) is 4.98 Å². The molecule has 0 radical (unpaired) electrons. The molecule has 0 saturated heterocycles. The number of oxazole rings is 1. The summed E-state index contributed by atoms with van der Waals surface area (Å²) >= 11 is 6.02. The van der Waals surface area contributed by atoms with E-state index in [-0.39, 0.29) is 0 Å². The van der Waals surface area contributed by atoms with Crippen molar-refractivity contribution in [3.63, 3.8) is 0 Å². The van der Waals surface area contributed by atoms with Gasteiger partial charge in [0, 0.05) is 22.3 Å². The molecule has 1 aliphatic rings. The second-order valence-corrected chi connectivity index (χ2v) is 8.42. The molecule has 0 bridgehead atoms.